The minimum absolute atomic E-state index is 0.295. The minimum atomic E-state index is 0.295. The van der Waals surface area contributed by atoms with Crippen LogP contribution in [-0.2, 0) is 6.42 Å². The van der Waals surface area contributed by atoms with Crippen molar-refractivity contribution in [2.24, 2.45) is 11.8 Å². The third-order valence-corrected chi connectivity index (χ3v) is 3.23. The van der Waals surface area contributed by atoms with E-state index in [-0.39, 0.29) is 0 Å². The number of rotatable bonds is 5. The van der Waals surface area contributed by atoms with Crippen molar-refractivity contribution in [1.29, 1.82) is 0 Å². The number of nitrogens with two attached hydrogens (primary N) is 1. The summed E-state index contributed by atoms with van der Waals surface area (Å²) in [5.74, 6) is 6.10. The molecule has 0 fully saturated rings. The minimum Gasteiger partial charge on any atom is -0.271 e. The van der Waals surface area contributed by atoms with Crippen molar-refractivity contribution in [3.63, 3.8) is 0 Å². The molecule has 1 heterocycles. The van der Waals surface area contributed by atoms with Crippen molar-refractivity contribution < 1.29 is 0 Å². The number of pyridine rings is 1. The highest BCUT2D eigenvalue weighted by Crippen LogP contribution is 2.13. The molecule has 2 atom stereocenters. The normalized spacial score (nSPS) is 14.9. The highest BCUT2D eigenvalue weighted by atomic mass is 79.9. The summed E-state index contributed by atoms with van der Waals surface area (Å²) in [7, 11) is 0. The topological polar surface area (TPSA) is 50.9 Å². The molecule has 4 heteroatoms. The van der Waals surface area contributed by atoms with Crippen LogP contribution in [0.1, 0.15) is 26.0 Å². The lowest BCUT2D eigenvalue weighted by molar-refractivity contribution is 0.367. The van der Waals surface area contributed by atoms with Crippen molar-refractivity contribution in [2.75, 3.05) is 0 Å². The zero-order valence-corrected chi connectivity index (χ0v) is 10.8. The predicted octanol–water partition coefficient (Wildman–Crippen LogP) is 2.26. The first kappa shape index (κ1) is 12.6. The number of aromatic nitrogens is 1. The van der Waals surface area contributed by atoms with E-state index < -0.39 is 0 Å². The van der Waals surface area contributed by atoms with Crippen molar-refractivity contribution >= 4 is 15.9 Å². The van der Waals surface area contributed by atoms with Crippen LogP contribution in [-0.4, -0.2) is 11.0 Å². The van der Waals surface area contributed by atoms with Crippen LogP contribution in [0, 0.1) is 5.92 Å². The molecular weight excluding hydrogens is 254 g/mol. The van der Waals surface area contributed by atoms with Crippen LogP contribution in [0.4, 0.5) is 0 Å². The Morgan fingerprint density at radius 2 is 2.27 bits per heavy atom. The average Bonchev–Trinajstić information content (AvgIpc) is 2.27. The molecule has 1 rings (SSSR count). The van der Waals surface area contributed by atoms with Crippen LogP contribution in [0.2, 0.25) is 0 Å². The maximum atomic E-state index is 5.54. The molecule has 3 nitrogen and oxygen atoms in total. The van der Waals surface area contributed by atoms with Gasteiger partial charge in [0.15, 0.2) is 0 Å². The summed E-state index contributed by atoms with van der Waals surface area (Å²) >= 11 is 3.37. The summed E-state index contributed by atoms with van der Waals surface area (Å²) in [5.41, 5.74) is 3.93. The number of halogens is 1. The van der Waals surface area contributed by atoms with E-state index in [4.69, 9.17) is 5.84 Å². The maximum Gasteiger partial charge on any atom is 0.0420 e. The lowest BCUT2D eigenvalue weighted by Crippen LogP contribution is -2.41. The smallest absolute Gasteiger partial charge is 0.0420 e. The van der Waals surface area contributed by atoms with Gasteiger partial charge < -0.3 is 0 Å². The van der Waals surface area contributed by atoms with Gasteiger partial charge in [-0.15, -0.1) is 0 Å². The Balaban J connectivity index is 2.62. The van der Waals surface area contributed by atoms with E-state index in [1.165, 1.54) is 0 Å². The number of hydrogen-bond acceptors (Lipinski definition) is 3. The predicted molar refractivity (Wildman–Crippen MR) is 66.2 cm³/mol. The summed E-state index contributed by atoms with van der Waals surface area (Å²) in [4.78, 5) is 4.34. The molecule has 2 unspecified atom stereocenters. The standard InChI is InChI=1S/C11H18BrN3/c1-3-8(2)11(15-13)6-10-5-4-9(12)7-14-10/h4-5,7-8,11,15H,3,6,13H2,1-2H3. The van der Waals surface area contributed by atoms with Gasteiger partial charge in [0.25, 0.3) is 0 Å². The summed E-state index contributed by atoms with van der Waals surface area (Å²) in [6, 6.07) is 4.33. The number of nitrogens with one attached hydrogen (secondary N) is 1. The van der Waals surface area contributed by atoms with Crippen LogP contribution in [0.3, 0.4) is 0 Å². The van der Waals surface area contributed by atoms with Gasteiger partial charge in [-0.2, -0.15) is 0 Å². The summed E-state index contributed by atoms with van der Waals surface area (Å²) < 4.78 is 1.01. The fourth-order valence-corrected chi connectivity index (χ4v) is 1.70. The van der Waals surface area contributed by atoms with Gasteiger partial charge in [0.2, 0.25) is 0 Å². The second-order valence-corrected chi connectivity index (χ2v) is 4.75. The Morgan fingerprint density at radius 3 is 2.73 bits per heavy atom. The van der Waals surface area contributed by atoms with Crippen LogP contribution >= 0.6 is 15.9 Å². The van der Waals surface area contributed by atoms with Gasteiger partial charge in [0.1, 0.15) is 0 Å². The third kappa shape index (κ3) is 3.89. The van der Waals surface area contributed by atoms with Gasteiger partial charge in [-0.3, -0.25) is 16.3 Å². The lowest BCUT2D eigenvalue weighted by Gasteiger charge is -2.21. The van der Waals surface area contributed by atoms with E-state index in [1.807, 2.05) is 18.3 Å². The number of nitrogens with zero attached hydrogens (tertiary/aromatic N) is 1. The van der Waals surface area contributed by atoms with Gasteiger partial charge in [0.05, 0.1) is 0 Å². The Hall–Kier alpha value is -0.450. The van der Waals surface area contributed by atoms with Crippen LogP contribution < -0.4 is 11.3 Å². The summed E-state index contributed by atoms with van der Waals surface area (Å²) in [6.07, 6.45) is 3.81. The fourth-order valence-electron chi connectivity index (χ4n) is 1.46. The second kappa shape index (κ2) is 6.20. The summed E-state index contributed by atoms with van der Waals surface area (Å²) in [6.45, 7) is 4.37. The third-order valence-electron chi connectivity index (χ3n) is 2.76. The van der Waals surface area contributed by atoms with E-state index in [0.29, 0.717) is 12.0 Å². The van der Waals surface area contributed by atoms with Crippen molar-refractivity contribution in [3.05, 3.63) is 28.5 Å². The Morgan fingerprint density at radius 1 is 1.53 bits per heavy atom. The molecule has 3 N–H and O–H groups in total. The van der Waals surface area contributed by atoms with E-state index >= 15 is 0 Å². The molecule has 0 aliphatic rings. The Labute approximate surface area is 99.6 Å². The van der Waals surface area contributed by atoms with Crippen LogP contribution in [0.25, 0.3) is 0 Å². The first-order valence-electron chi connectivity index (χ1n) is 5.24. The zero-order chi connectivity index (χ0) is 11.3. The van der Waals surface area contributed by atoms with Gasteiger partial charge in [0, 0.05) is 28.8 Å². The van der Waals surface area contributed by atoms with Gasteiger partial charge in [-0.05, 0) is 34.0 Å². The van der Waals surface area contributed by atoms with Gasteiger partial charge >= 0.3 is 0 Å². The average molecular weight is 272 g/mol. The molecule has 0 saturated carbocycles. The molecule has 0 amide bonds. The largest absolute Gasteiger partial charge is 0.271 e. The quantitative estimate of drug-likeness (QED) is 0.638. The first-order valence-corrected chi connectivity index (χ1v) is 6.03. The molecule has 1 aromatic rings. The van der Waals surface area contributed by atoms with Gasteiger partial charge in [-0.25, -0.2) is 0 Å². The van der Waals surface area contributed by atoms with Crippen molar-refractivity contribution in [3.8, 4) is 0 Å². The highest BCUT2D eigenvalue weighted by molar-refractivity contribution is 9.10. The van der Waals surface area contributed by atoms with Crippen LogP contribution in [0.5, 0.6) is 0 Å². The molecule has 0 radical (unpaired) electrons. The molecule has 0 spiro atoms. The summed E-state index contributed by atoms with van der Waals surface area (Å²) in [5, 5.41) is 0. The SMILES string of the molecule is CCC(C)C(Cc1ccc(Br)cn1)NN. The fraction of sp³-hybridized carbons (Fsp3) is 0.545. The Kier molecular flexibility index (Phi) is 5.22. The van der Waals surface area contributed by atoms with Crippen molar-refractivity contribution in [2.45, 2.75) is 32.7 Å². The Bertz CT molecular complexity index is 286. The molecule has 15 heavy (non-hydrogen) atoms. The van der Waals surface area contributed by atoms with E-state index in [2.05, 4.69) is 40.2 Å². The zero-order valence-electron chi connectivity index (χ0n) is 9.20. The highest BCUT2D eigenvalue weighted by Gasteiger charge is 2.14. The molecule has 0 saturated heterocycles. The molecule has 0 aliphatic heterocycles. The molecule has 0 aromatic carbocycles. The van der Waals surface area contributed by atoms with E-state index in [0.717, 1.165) is 23.0 Å². The second-order valence-electron chi connectivity index (χ2n) is 3.83. The molecule has 84 valence electrons. The van der Waals surface area contributed by atoms with Crippen molar-refractivity contribution in [1.82, 2.24) is 10.4 Å². The molecule has 1 aromatic heterocycles. The maximum absolute atomic E-state index is 5.54. The van der Waals surface area contributed by atoms with E-state index in [1.54, 1.807) is 0 Å². The lowest BCUT2D eigenvalue weighted by atomic mass is 9.95. The van der Waals surface area contributed by atoms with Gasteiger partial charge in [-0.1, -0.05) is 20.3 Å². The molecule has 0 bridgehead atoms. The monoisotopic (exact) mass is 271 g/mol. The number of hydrazine groups is 1. The number of hydrogen-bond donors (Lipinski definition) is 2. The molecule has 0 aliphatic carbocycles. The first-order chi connectivity index (χ1) is 7.17. The van der Waals surface area contributed by atoms with Crippen LogP contribution in [0.15, 0.2) is 22.8 Å². The van der Waals surface area contributed by atoms with E-state index in [9.17, 15) is 0 Å². The molecular formula is C11H18BrN3.